The molecule has 1 amide bonds. The van der Waals surface area contributed by atoms with Crippen molar-refractivity contribution in [1.29, 1.82) is 0 Å². The number of carbonyl (C=O) groups excluding carboxylic acids is 1. The molecule has 166 valence electrons. The van der Waals surface area contributed by atoms with Crippen LogP contribution in [0.2, 0.25) is 0 Å². The normalized spacial score (nSPS) is 18.8. The second kappa shape index (κ2) is 7.71. The van der Waals surface area contributed by atoms with E-state index in [0.29, 0.717) is 25.6 Å². The van der Waals surface area contributed by atoms with E-state index in [4.69, 9.17) is 14.7 Å². The lowest BCUT2D eigenvalue weighted by Gasteiger charge is -2.45. The second-order valence-corrected chi connectivity index (χ2v) is 8.73. The summed E-state index contributed by atoms with van der Waals surface area (Å²) in [6.45, 7) is 5.68. The van der Waals surface area contributed by atoms with Crippen molar-refractivity contribution in [2.24, 2.45) is 0 Å². The Morgan fingerprint density at radius 2 is 2.00 bits per heavy atom. The molecule has 1 fully saturated rings. The van der Waals surface area contributed by atoms with Crippen molar-refractivity contribution in [1.82, 2.24) is 15.0 Å². The van der Waals surface area contributed by atoms with E-state index in [9.17, 15) is 4.79 Å². The number of rotatable bonds is 3. The smallest absolute Gasteiger partial charge is 0.252 e. The van der Waals surface area contributed by atoms with E-state index in [0.717, 1.165) is 33.5 Å². The van der Waals surface area contributed by atoms with Crippen LogP contribution in [0.1, 0.15) is 24.1 Å². The molecule has 0 aliphatic carbocycles. The van der Waals surface area contributed by atoms with Gasteiger partial charge in [-0.05, 0) is 31.5 Å². The number of benzene rings is 2. The molecule has 7 heteroatoms. The molecular formula is C26H25N5O2. The number of aryl methyl sites for hydroxylation is 1. The molecule has 7 nitrogen and oxygen atoms in total. The Hall–Kier alpha value is -3.71. The number of hydrogen-bond acceptors (Lipinski definition) is 5. The largest absolute Gasteiger partial charge is 0.377 e. The number of fused-ring (bicyclic) bond motifs is 4. The molecule has 2 aromatic carbocycles. The summed E-state index contributed by atoms with van der Waals surface area (Å²) >= 11 is 0. The van der Waals surface area contributed by atoms with Gasteiger partial charge in [-0.2, -0.15) is 0 Å². The average Bonchev–Trinajstić information content (AvgIpc) is 3.34. The van der Waals surface area contributed by atoms with Gasteiger partial charge in [0.15, 0.2) is 11.6 Å². The predicted octanol–water partition coefficient (Wildman–Crippen LogP) is 4.25. The van der Waals surface area contributed by atoms with Gasteiger partial charge in [-0.3, -0.25) is 9.69 Å². The van der Waals surface area contributed by atoms with Gasteiger partial charge in [-0.1, -0.05) is 42.0 Å². The molecule has 1 N–H and O–H groups in total. The van der Waals surface area contributed by atoms with E-state index < -0.39 is 0 Å². The first kappa shape index (κ1) is 19.9. The monoisotopic (exact) mass is 439 g/mol. The highest BCUT2D eigenvalue weighted by atomic mass is 16.5. The number of anilines is 2. The minimum Gasteiger partial charge on any atom is -0.377 e. The number of aromatic nitrogens is 3. The topological polar surface area (TPSA) is 74.3 Å². The van der Waals surface area contributed by atoms with E-state index in [2.05, 4.69) is 48.0 Å². The second-order valence-electron chi connectivity index (χ2n) is 8.73. The number of morpholine rings is 1. The maximum atomic E-state index is 13.6. The lowest BCUT2D eigenvalue weighted by Crippen LogP contribution is -2.59. The minimum absolute atomic E-state index is 0.0272. The van der Waals surface area contributed by atoms with Gasteiger partial charge in [0.1, 0.15) is 11.7 Å². The Morgan fingerprint density at radius 3 is 2.85 bits per heavy atom. The zero-order chi connectivity index (χ0) is 22.5. The van der Waals surface area contributed by atoms with E-state index >= 15 is 0 Å². The first-order chi connectivity index (χ1) is 16.1. The molecule has 0 saturated carbocycles. The van der Waals surface area contributed by atoms with Gasteiger partial charge in [0.25, 0.3) is 5.91 Å². The van der Waals surface area contributed by atoms with Crippen LogP contribution < -0.4 is 9.80 Å². The molecule has 4 aromatic rings. The fourth-order valence-corrected chi connectivity index (χ4v) is 4.89. The summed E-state index contributed by atoms with van der Waals surface area (Å²) in [5.41, 5.74) is 5.02. The third-order valence-electron chi connectivity index (χ3n) is 6.72. The minimum atomic E-state index is -0.384. The van der Waals surface area contributed by atoms with Gasteiger partial charge in [-0.15, -0.1) is 0 Å². The third kappa shape index (κ3) is 3.19. The molecule has 1 saturated heterocycles. The molecule has 4 heterocycles. The number of carbonyl (C=O) groups is 1. The molecule has 6 rings (SSSR count). The number of aromatic amines is 1. The number of nitrogens with zero attached hydrogens (tertiary/aromatic N) is 4. The quantitative estimate of drug-likeness (QED) is 0.517. The van der Waals surface area contributed by atoms with Gasteiger partial charge >= 0.3 is 0 Å². The van der Waals surface area contributed by atoms with Crippen molar-refractivity contribution in [3.8, 4) is 11.4 Å². The summed E-state index contributed by atoms with van der Waals surface area (Å²) in [5.74, 6) is 1.47. The molecule has 0 radical (unpaired) electrons. The van der Waals surface area contributed by atoms with Gasteiger partial charge < -0.3 is 14.6 Å². The van der Waals surface area contributed by atoms with E-state index in [-0.39, 0.29) is 18.0 Å². The summed E-state index contributed by atoms with van der Waals surface area (Å²) in [7, 11) is 0. The van der Waals surface area contributed by atoms with Crippen LogP contribution in [0, 0.1) is 6.92 Å². The Labute approximate surface area is 192 Å². The number of ether oxygens (including phenoxy) is 1. The molecule has 0 bridgehead atoms. The SMILES string of the molecule is Cc1ccc([C@H](C)N2C(=O)[C@@H]3COCCN3c3nc(-c4cccc5[nH]ccc45)ncc32)cc1. The van der Waals surface area contributed by atoms with Crippen LogP contribution in [0.4, 0.5) is 11.5 Å². The fourth-order valence-electron chi connectivity index (χ4n) is 4.89. The summed E-state index contributed by atoms with van der Waals surface area (Å²) in [6, 6.07) is 15.9. The van der Waals surface area contributed by atoms with Gasteiger partial charge in [0, 0.05) is 29.2 Å². The lowest BCUT2D eigenvalue weighted by molar-refractivity contribution is -0.123. The molecular weight excluding hydrogens is 414 g/mol. The lowest BCUT2D eigenvalue weighted by atomic mass is 10.0. The van der Waals surface area contributed by atoms with Crippen molar-refractivity contribution in [2.45, 2.75) is 25.9 Å². The molecule has 0 unspecified atom stereocenters. The number of nitrogens with one attached hydrogen (secondary N) is 1. The number of amides is 1. The van der Waals surface area contributed by atoms with Crippen molar-refractivity contribution in [3.05, 3.63) is 72.1 Å². The Kier molecular flexibility index (Phi) is 4.66. The standard InChI is InChI=1S/C26H25N5O2/c1-16-6-8-18(9-7-16)17(2)31-22-14-28-24(20-4-3-5-21-19(20)10-11-27-21)29-25(22)30-12-13-33-15-23(30)26(31)32/h3-11,14,17,23,27H,12-13,15H2,1-2H3/t17-,23-/m0/s1. The van der Waals surface area contributed by atoms with E-state index in [1.807, 2.05) is 35.4 Å². The first-order valence-electron chi connectivity index (χ1n) is 11.3. The fraction of sp³-hybridized carbons (Fsp3) is 0.269. The average molecular weight is 440 g/mol. The summed E-state index contributed by atoms with van der Waals surface area (Å²) in [6.07, 6.45) is 3.73. The first-order valence-corrected chi connectivity index (χ1v) is 11.3. The Bertz CT molecular complexity index is 1350. The maximum Gasteiger partial charge on any atom is 0.252 e. The molecule has 2 aliphatic rings. The summed E-state index contributed by atoms with van der Waals surface area (Å²) in [4.78, 5) is 30.6. The van der Waals surface area contributed by atoms with Crippen LogP contribution in [-0.4, -0.2) is 46.7 Å². The molecule has 0 spiro atoms. The number of H-pyrrole nitrogens is 1. The Balaban J connectivity index is 1.49. The summed E-state index contributed by atoms with van der Waals surface area (Å²) < 4.78 is 5.70. The van der Waals surface area contributed by atoms with Crippen LogP contribution >= 0.6 is 0 Å². The zero-order valence-corrected chi connectivity index (χ0v) is 18.7. The van der Waals surface area contributed by atoms with Crippen molar-refractivity contribution < 1.29 is 9.53 Å². The van der Waals surface area contributed by atoms with Crippen LogP contribution in [-0.2, 0) is 9.53 Å². The van der Waals surface area contributed by atoms with Crippen molar-refractivity contribution in [3.63, 3.8) is 0 Å². The molecule has 2 atom stereocenters. The van der Waals surface area contributed by atoms with Crippen LogP contribution in [0.3, 0.4) is 0 Å². The Morgan fingerprint density at radius 1 is 1.15 bits per heavy atom. The predicted molar refractivity (Wildman–Crippen MR) is 128 cm³/mol. The van der Waals surface area contributed by atoms with Crippen LogP contribution in [0.5, 0.6) is 0 Å². The zero-order valence-electron chi connectivity index (χ0n) is 18.7. The van der Waals surface area contributed by atoms with Crippen LogP contribution in [0.15, 0.2) is 60.9 Å². The van der Waals surface area contributed by atoms with Crippen LogP contribution in [0.25, 0.3) is 22.3 Å². The highest BCUT2D eigenvalue weighted by Crippen LogP contribution is 2.41. The van der Waals surface area contributed by atoms with Crippen molar-refractivity contribution in [2.75, 3.05) is 29.6 Å². The molecule has 33 heavy (non-hydrogen) atoms. The summed E-state index contributed by atoms with van der Waals surface area (Å²) in [5, 5.41) is 1.08. The number of hydrogen-bond donors (Lipinski definition) is 1. The van der Waals surface area contributed by atoms with Gasteiger partial charge in [-0.25, -0.2) is 9.97 Å². The molecule has 2 aliphatic heterocycles. The van der Waals surface area contributed by atoms with Gasteiger partial charge in [0.2, 0.25) is 0 Å². The highest BCUT2D eigenvalue weighted by Gasteiger charge is 2.43. The van der Waals surface area contributed by atoms with E-state index in [1.165, 1.54) is 5.56 Å². The van der Waals surface area contributed by atoms with Gasteiger partial charge in [0.05, 0.1) is 25.5 Å². The highest BCUT2D eigenvalue weighted by molar-refractivity contribution is 6.05. The van der Waals surface area contributed by atoms with E-state index in [1.54, 1.807) is 6.20 Å². The maximum absolute atomic E-state index is 13.6. The third-order valence-corrected chi connectivity index (χ3v) is 6.72. The van der Waals surface area contributed by atoms with Crippen molar-refractivity contribution >= 4 is 28.3 Å². The molecule has 2 aromatic heterocycles.